The number of carbonyl (C=O) groups excluding carboxylic acids is 2. The molecular formula is C22H28N2O2. The summed E-state index contributed by atoms with van der Waals surface area (Å²) in [6.45, 7) is 8.66. The third kappa shape index (κ3) is 5.19. The van der Waals surface area contributed by atoms with Crippen molar-refractivity contribution in [2.45, 2.75) is 46.7 Å². The molecule has 1 N–H and O–H groups in total. The topological polar surface area (TPSA) is 49.4 Å². The summed E-state index contributed by atoms with van der Waals surface area (Å²) in [6, 6.07) is 15.4. The number of hydrogen-bond donors (Lipinski definition) is 1. The molecule has 2 aromatic carbocycles. The van der Waals surface area contributed by atoms with E-state index in [-0.39, 0.29) is 11.8 Å². The number of amides is 2. The minimum absolute atomic E-state index is 0.0429. The van der Waals surface area contributed by atoms with Gasteiger partial charge in [0.25, 0.3) is 0 Å². The molecule has 4 nitrogen and oxygen atoms in total. The van der Waals surface area contributed by atoms with Crippen molar-refractivity contribution in [2.24, 2.45) is 0 Å². The first kappa shape index (κ1) is 19.7. The fraction of sp³-hybridized carbons (Fsp3) is 0.364. The van der Waals surface area contributed by atoms with Crippen LogP contribution < -0.4 is 5.32 Å². The Morgan fingerprint density at radius 1 is 1.04 bits per heavy atom. The highest BCUT2D eigenvalue weighted by Gasteiger charge is 2.26. The van der Waals surface area contributed by atoms with E-state index in [1.54, 1.807) is 11.8 Å². The largest absolute Gasteiger partial charge is 0.355 e. The number of nitrogens with zero attached hydrogens (tertiary/aromatic N) is 1. The molecule has 0 heterocycles. The van der Waals surface area contributed by atoms with Crippen LogP contribution in [-0.4, -0.2) is 29.3 Å². The Kier molecular flexibility index (Phi) is 6.96. The van der Waals surface area contributed by atoms with Crippen LogP contribution in [0.3, 0.4) is 0 Å². The number of carbonyl (C=O) groups is 2. The smallest absolute Gasteiger partial charge is 0.242 e. The van der Waals surface area contributed by atoms with Crippen molar-refractivity contribution in [1.29, 1.82) is 0 Å². The minimum Gasteiger partial charge on any atom is -0.355 e. The summed E-state index contributed by atoms with van der Waals surface area (Å²) in [5, 5.41) is 2.82. The van der Waals surface area contributed by atoms with Gasteiger partial charge in [0.15, 0.2) is 0 Å². The van der Waals surface area contributed by atoms with E-state index in [0.29, 0.717) is 19.5 Å². The van der Waals surface area contributed by atoms with Crippen LogP contribution in [-0.2, 0) is 22.6 Å². The zero-order chi connectivity index (χ0) is 19.1. The fourth-order valence-electron chi connectivity index (χ4n) is 2.87. The van der Waals surface area contributed by atoms with E-state index in [4.69, 9.17) is 0 Å². The molecule has 0 aliphatic carbocycles. The number of nitrogens with one attached hydrogen (secondary N) is 1. The Morgan fingerprint density at radius 2 is 1.69 bits per heavy atom. The average Bonchev–Trinajstić information content (AvgIpc) is 2.62. The second kappa shape index (κ2) is 9.18. The number of hydrogen-bond acceptors (Lipinski definition) is 2. The van der Waals surface area contributed by atoms with E-state index in [9.17, 15) is 9.59 Å². The highest BCUT2D eigenvalue weighted by atomic mass is 16.2. The van der Waals surface area contributed by atoms with E-state index in [1.807, 2.05) is 69.3 Å². The highest BCUT2D eigenvalue weighted by molar-refractivity contribution is 5.88. The van der Waals surface area contributed by atoms with Crippen LogP contribution in [0.5, 0.6) is 0 Å². The molecule has 0 aliphatic heterocycles. The molecule has 0 spiro atoms. The van der Waals surface area contributed by atoms with Crippen molar-refractivity contribution in [2.75, 3.05) is 6.54 Å². The maximum Gasteiger partial charge on any atom is 0.242 e. The number of likely N-dealkylation sites (N-methyl/N-ethyl adjacent to an activating group) is 1. The summed E-state index contributed by atoms with van der Waals surface area (Å²) in [5.74, 6) is -0.170. The molecule has 2 aromatic rings. The van der Waals surface area contributed by atoms with E-state index in [0.717, 1.165) is 16.7 Å². The van der Waals surface area contributed by atoms with Gasteiger partial charge in [0.1, 0.15) is 6.04 Å². The second-order valence-electron chi connectivity index (χ2n) is 6.68. The Balaban J connectivity index is 2.23. The first-order chi connectivity index (χ1) is 12.4. The van der Waals surface area contributed by atoms with Crippen LogP contribution in [0.4, 0.5) is 0 Å². The molecule has 4 heteroatoms. The summed E-state index contributed by atoms with van der Waals surface area (Å²) >= 11 is 0. The molecule has 2 amide bonds. The van der Waals surface area contributed by atoms with Crippen LogP contribution in [0, 0.1) is 13.8 Å². The molecular weight excluding hydrogens is 324 g/mol. The molecule has 0 saturated heterocycles. The first-order valence-corrected chi connectivity index (χ1v) is 9.09. The molecule has 0 fully saturated rings. The summed E-state index contributed by atoms with van der Waals surface area (Å²) in [5.41, 5.74) is 4.27. The minimum atomic E-state index is -0.521. The Labute approximate surface area is 156 Å². The molecule has 0 bridgehead atoms. The quantitative estimate of drug-likeness (QED) is 0.830. The molecule has 0 aromatic heterocycles. The van der Waals surface area contributed by atoms with Crippen molar-refractivity contribution in [3.05, 3.63) is 70.8 Å². The zero-order valence-electron chi connectivity index (χ0n) is 16.1. The van der Waals surface area contributed by atoms with Crippen LogP contribution in [0.2, 0.25) is 0 Å². The van der Waals surface area contributed by atoms with Crippen molar-refractivity contribution in [3.63, 3.8) is 0 Å². The van der Waals surface area contributed by atoms with Gasteiger partial charge >= 0.3 is 0 Å². The maximum atomic E-state index is 13.0. The van der Waals surface area contributed by atoms with Crippen molar-refractivity contribution in [1.82, 2.24) is 10.2 Å². The molecule has 2 rings (SSSR count). The predicted molar refractivity (Wildman–Crippen MR) is 105 cm³/mol. The molecule has 0 saturated carbocycles. The molecule has 138 valence electrons. The van der Waals surface area contributed by atoms with E-state index in [1.165, 1.54) is 5.56 Å². The Hall–Kier alpha value is -2.62. The van der Waals surface area contributed by atoms with Gasteiger partial charge in [0.2, 0.25) is 11.8 Å². The normalized spacial score (nSPS) is 11.7. The van der Waals surface area contributed by atoms with Gasteiger partial charge in [-0.1, -0.05) is 54.1 Å². The van der Waals surface area contributed by atoms with Crippen molar-refractivity contribution in [3.8, 4) is 0 Å². The zero-order valence-corrected chi connectivity index (χ0v) is 16.1. The van der Waals surface area contributed by atoms with Crippen molar-refractivity contribution < 1.29 is 9.59 Å². The number of rotatable bonds is 7. The fourth-order valence-corrected chi connectivity index (χ4v) is 2.87. The average molecular weight is 352 g/mol. The van der Waals surface area contributed by atoms with Crippen LogP contribution in [0.1, 0.15) is 36.1 Å². The van der Waals surface area contributed by atoms with Gasteiger partial charge in [-0.2, -0.15) is 0 Å². The maximum absolute atomic E-state index is 13.0. The van der Waals surface area contributed by atoms with Crippen LogP contribution in [0.25, 0.3) is 0 Å². The molecule has 26 heavy (non-hydrogen) atoms. The Morgan fingerprint density at radius 3 is 2.31 bits per heavy atom. The lowest BCUT2D eigenvalue weighted by Gasteiger charge is -2.29. The first-order valence-electron chi connectivity index (χ1n) is 9.09. The SMILES string of the molecule is CCNC(=O)[C@@H](C)N(Cc1ccc(C)cc1)C(=O)Cc1ccccc1C. The lowest BCUT2D eigenvalue weighted by atomic mass is 10.0. The molecule has 0 unspecified atom stereocenters. The van der Waals surface area contributed by atoms with E-state index >= 15 is 0 Å². The molecule has 0 aliphatic rings. The van der Waals surface area contributed by atoms with Crippen LogP contribution in [0.15, 0.2) is 48.5 Å². The summed E-state index contributed by atoms with van der Waals surface area (Å²) in [4.78, 5) is 27.0. The third-order valence-electron chi connectivity index (χ3n) is 4.59. The standard InChI is InChI=1S/C22H28N2O2/c1-5-23-22(26)18(4)24(15-19-12-10-16(2)11-13-19)21(25)14-20-9-7-6-8-17(20)3/h6-13,18H,5,14-15H2,1-4H3,(H,23,26)/t18-/m1/s1. The number of aryl methyl sites for hydroxylation is 2. The van der Waals surface area contributed by atoms with Gasteiger partial charge < -0.3 is 10.2 Å². The van der Waals surface area contributed by atoms with Gasteiger partial charge in [0.05, 0.1) is 6.42 Å². The summed E-state index contributed by atoms with van der Waals surface area (Å²) in [6.07, 6.45) is 0.294. The summed E-state index contributed by atoms with van der Waals surface area (Å²) < 4.78 is 0. The molecule has 1 atom stereocenters. The van der Waals surface area contributed by atoms with Crippen LogP contribution >= 0.6 is 0 Å². The van der Waals surface area contributed by atoms with E-state index < -0.39 is 6.04 Å². The Bertz CT molecular complexity index is 753. The third-order valence-corrected chi connectivity index (χ3v) is 4.59. The highest BCUT2D eigenvalue weighted by Crippen LogP contribution is 2.15. The lowest BCUT2D eigenvalue weighted by molar-refractivity contribution is -0.140. The van der Waals surface area contributed by atoms with Crippen molar-refractivity contribution >= 4 is 11.8 Å². The van der Waals surface area contributed by atoms with Gasteiger partial charge in [-0.3, -0.25) is 9.59 Å². The van der Waals surface area contributed by atoms with Gasteiger partial charge in [-0.25, -0.2) is 0 Å². The monoisotopic (exact) mass is 352 g/mol. The van der Waals surface area contributed by atoms with Gasteiger partial charge in [-0.05, 0) is 44.4 Å². The summed E-state index contributed by atoms with van der Waals surface area (Å²) in [7, 11) is 0. The lowest BCUT2D eigenvalue weighted by Crippen LogP contribution is -2.48. The van der Waals surface area contributed by atoms with Gasteiger partial charge in [-0.15, -0.1) is 0 Å². The predicted octanol–water partition coefficient (Wildman–Crippen LogP) is 3.40. The van der Waals surface area contributed by atoms with Gasteiger partial charge in [0, 0.05) is 13.1 Å². The number of benzene rings is 2. The van der Waals surface area contributed by atoms with E-state index in [2.05, 4.69) is 5.32 Å². The second-order valence-corrected chi connectivity index (χ2v) is 6.68. The molecule has 0 radical (unpaired) electrons.